The lowest BCUT2D eigenvalue weighted by molar-refractivity contribution is 0.244. The fourth-order valence-corrected chi connectivity index (χ4v) is 1.49. The molecule has 0 saturated carbocycles. The smallest absolute Gasteiger partial charge is 0.0885 e. The number of rotatable bonds is 8. The molecular formula is C14H21NO. The predicted molar refractivity (Wildman–Crippen MR) is 68.3 cm³/mol. The topological polar surface area (TPSA) is 21.3 Å². The second-order valence-electron chi connectivity index (χ2n) is 3.74. The van der Waals surface area contributed by atoms with Crippen LogP contribution in [0.2, 0.25) is 0 Å². The van der Waals surface area contributed by atoms with Crippen LogP contribution in [0, 0.1) is 0 Å². The van der Waals surface area contributed by atoms with Gasteiger partial charge in [0.1, 0.15) is 0 Å². The third-order valence-electron chi connectivity index (χ3n) is 2.49. The summed E-state index contributed by atoms with van der Waals surface area (Å²) in [6.45, 7) is 8.32. The normalized spacial score (nSPS) is 10.1. The molecule has 0 heterocycles. The maximum atomic E-state index is 5.04. The lowest BCUT2D eigenvalue weighted by atomic mass is 10.1. The molecule has 0 fully saturated rings. The van der Waals surface area contributed by atoms with E-state index >= 15 is 0 Å². The first-order valence-corrected chi connectivity index (χ1v) is 5.88. The van der Waals surface area contributed by atoms with Crippen molar-refractivity contribution in [3.63, 3.8) is 0 Å². The van der Waals surface area contributed by atoms with E-state index in [1.165, 1.54) is 17.4 Å². The molecule has 0 spiro atoms. The molecular weight excluding hydrogens is 198 g/mol. The molecule has 0 atom stereocenters. The first-order chi connectivity index (χ1) is 7.86. The zero-order valence-corrected chi connectivity index (χ0v) is 10.0. The van der Waals surface area contributed by atoms with Crippen molar-refractivity contribution in [3.05, 3.63) is 48.2 Å². The van der Waals surface area contributed by atoms with Crippen molar-refractivity contribution in [1.82, 2.24) is 5.32 Å². The fourth-order valence-electron chi connectivity index (χ4n) is 1.49. The van der Waals surface area contributed by atoms with E-state index in [0.29, 0.717) is 0 Å². The molecule has 1 rings (SSSR count). The summed E-state index contributed by atoms with van der Waals surface area (Å²) < 4.78 is 5.04. The van der Waals surface area contributed by atoms with Crippen LogP contribution in [-0.4, -0.2) is 13.2 Å². The fraction of sp³-hybridized carbons (Fsp3) is 0.429. The van der Waals surface area contributed by atoms with Crippen LogP contribution in [0.15, 0.2) is 37.1 Å². The van der Waals surface area contributed by atoms with E-state index in [2.05, 4.69) is 43.1 Å². The van der Waals surface area contributed by atoms with Gasteiger partial charge in [0.05, 0.1) is 12.9 Å². The van der Waals surface area contributed by atoms with Gasteiger partial charge in [0.15, 0.2) is 0 Å². The number of hydrogen-bond donors (Lipinski definition) is 1. The van der Waals surface area contributed by atoms with Crippen LogP contribution >= 0.6 is 0 Å². The third-order valence-corrected chi connectivity index (χ3v) is 2.49. The van der Waals surface area contributed by atoms with Gasteiger partial charge in [0, 0.05) is 6.54 Å². The Bertz CT molecular complexity index is 292. The minimum absolute atomic E-state index is 0.741. The minimum Gasteiger partial charge on any atom is -0.502 e. The first-order valence-electron chi connectivity index (χ1n) is 5.88. The average molecular weight is 219 g/mol. The van der Waals surface area contributed by atoms with Gasteiger partial charge in [-0.2, -0.15) is 0 Å². The Morgan fingerprint density at radius 1 is 1.25 bits per heavy atom. The predicted octanol–water partition coefficient (Wildman–Crippen LogP) is 2.89. The van der Waals surface area contributed by atoms with Gasteiger partial charge >= 0.3 is 0 Å². The number of hydrogen-bond acceptors (Lipinski definition) is 2. The summed E-state index contributed by atoms with van der Waals surface area (Å²) in [6.07, 6.45) is 3.61. The molecule has 1 aromatic carbocycles. The van der Waals surface area contributed by atoms with Crippen LogP contribution in [0.4, 0.5) is 0 Å². The SMILES string of the molecule is C=COCCCNCc1ccc(CC)cc1. The van der Waals surface area contributed by atoms with E-state index in [1.54, 1.807) is 0 Å². The Kier molecular flexibility index (Phi) is 6.35. The highest BCUT2D eigenvalue weighted by atomic mass is 16.5. The van der Waals surface area contributed by atoms with Crippen molar-refractivity contribution >= 4 is 0 Å². The van der Waals surface area contributed by atoms with Crippen molar-refractivity contribution in [2.45, 2.75) is 26.3 Å². The standard InChI is InChI=1S/C14H21NO/c1-3-13-6-8-14(9-7-13)12-15-10-5-11-16-4-2/h4,6-9,15H,2-3,5,10-12H2,1H3. The molecule has 1 N–H and O–H groups in total. The maximum Gasteiger partial charge on any atom is 0.0885 e. The van der Waals surface area contributed by atoms with Crippen LogP contribution in [0.1, 0.15) is 24.5 Å². The van der Waals surface area contributed by atoms with Crippen LogP contribution in [-0.2, 0) is 17.7 Å². The van der Waals surface area contributed by atoms with Gasteiger partial charge in [-0.1, -0.05) is 37.8 Å². The summed E-state index contributed by atoms with van der Waals surface area (Å²) in [4.78, 5) is 0. The molecule has 0 radical (unpaired) electrons. The van der Waals surface area contributed by atoms with Crippen LogP contribution in [0.5, 0.6) is 0 Å². The second-order valence-corrected chi connectivity index (χ2v) is 3.74. The van der Waals surface area contributed by atoms with Gasteiger partial charge < -0.3 is 10.1 Å². The van der Waals surface area contributed by atoms with Gasteiger partial charge in [-0.3, -0.25) is 0 Å². The zero-order chi connectivity index (χ0) is 11.6. The molecule has 0 amide bonds. The number of benzene rings is 1. The first kappa shape index (κ1) is 12.8. The molecule has 2 nitrogen and oxygen atoms in total. The molecule has 0 aromatic heterocycles. The molecule has 88 valence electrons. The van der Waals surface area contributed by atoms with E-state index in [0.717, 1.165) is 32.5 Å². The van der Waals surface area contributed by atoms with Crippen molar-refractivity contribution in [1.29, 1.82) is 0 Å². The van der Waals surface area contributed by atoms with Gasteiger partial charge in [-0.25, -0.2) is 0 Å². The molecule has 2 heteroatoms. The van der Waals surface area contributed by atoms with Crippen molar-refractivity contribution < 1.29 is 4.74 Å². The molecule has 1 aromatic rings. The van der Waals surface area contributed by atoms with E-state index in [-0.39, 0.29) is 0 Å². The second kappa shape index (κ2) is 7.94. The number of nitrogens with one attached hydrogen (secondary N) is 1. The molecule has 0 unspecified atom stereocenters. The minimum atomic E-state index is 0.741. The van der Waals surface area contributed by atoms with Crippen LogP contribution < -0.4 is 5.32 Å². The zero-order valence-electron chi connectivity index (χ0n) is 10.0. The number of ether oxygens (including phenoxy) is 1. The van der Waals surface area contributed by atoms with Crippen molar-refractivity contribution in [2.75, 3.05) is 13.2 Å². The Morgan fingerprint density at radius 2 is 1.94 bits per heavy atom. The molecule has 0 aliphatic rings. The highest BCUT2D eigenvalue weighted by molar-refractivity contribution is 5.22. The van der Waals surface area contributed by atoms with E-state index < -0.39 is 0 Å². The van der Waals surface area contributed by atoms with E-state index in [1.807, 2.05) is 0 Å². The van der Waals surface area contributed by atoms with Crippen LogP contribution in [0.3, 0.4) is 0 Å². The molecule has 0 aliphatic heterocycles. The van der Waals surface area contributed by atoms with Crippen molar-refractivity contribution in [2.24, 2.45) is 0 Å². The van der Waals surface area contributed by atoms with E-state index in [4.69, 9.17) is 4.74 Å². The Morgan fingerprint density at radius 3 is 2.56 bits per heavy atom. The van der Waals surface area contributed by atoms with Gasteiger partial charge in [0.2, 0.25) is 0 Å². The Hall–Kier alpha value is -1.28. The quantitative estimate of drug-likeness (QED) is 0.536. The summed E-state index contributed by atoms with van der Waals surface area (Å²) in [6, 6.07) is 8.76. The Balaban J connectivity index is 2.14. The van der Waals surface area contributed by atoms with Crippen LogP contribution in [0.25, 0.3) is 0 Å². The summed E-state index contributed by atoms with van der Waals surface area (Å²) >= 11 is 0. The van der Waals surface area contributed by atoms with Gasteiger partial charge in [0.25, 0.3) is 0 Å². The largest absolute Gasteiger partial charge is 0.502 e. The number of aryl methyl sites for hydroxylation is 1. The molecule has 0 aliphatic carbocycles. The summed E-state index contributed by atoms with van der Waals surface area (Å²) in [5, 5.41) is 3.38. The molecule has 0 bridgehead atoms. The molecule has 0 saturated heterocycles. The third kappa shape index (κ3) is 4.99. The molecule has 16 heavy (non-hydrogen) atoms. The lowest BCUT2D eigenvalue weighted by Gasteiger charge is -2.05. The summed E-state index contributed by atoms with van der Waals surface area (Å²) in [7, 11) is 0. The average Bonchev–Trinajstić information content (AvgIpc) is 2.34. The van der Waals surface area contributed by atoms with Gasteiger partial charge in [-0.05, 0) is 30.5 Å². The lowest BCUT2D eigenvalue weighted by Crippen LogP contribution is -2.15. The summed E-state index contributed by atoms with van der Waals surface area (Å²) in [5.74, 6) is 0. The summed E-state index contributed by atoms with van der Waals surface area (Å²) in [5.41, 5.74) is 2.73. The highest BCUT2D eigenvalue weighted by Gasteiger charge is 1.93. The van der Waals surface area contributed by atoms with Gasteiger partial charge in [-0.15, -0.1) is 0 Å². The Labute approximate surface area is 98.3 Å². The maximum absolute atomic E-state index is 5.04. The highest BCUT2D eigenvalue weighted by Crippen LogP contribution is 2.04. The van der Waals surface area contributed by atoms with E-state index in [9.17, 15) is 0 Å². The monoisotopic (exact) mass is 219 g/mol. The van der Waals surface area contributed by atoms with Crippen molar-refractivity contribution in [3.8, 4) is 0 Å².